The number of ketones is 1. The van der Waals surface area contributed by atoms with E-state index in [1.165, 1.54) is 0 Å². The van der Waals surface area contributed by atoms with E-state index in [2.05, 4.69) is 13.8 Å². The van der Waals surface area contributed by atoms with Crippen LogP contribution in [-0.2, 0) is 4.79 Å². The summed E-state index contributed by atoms with van der Waals surface area (Å²) in [5, 5.41) is 0. The molecule has 1 aliphatic carbocycles. The molecule has 0 N–H and O–H groups in total. The molecule has 0 aliphatic heterocycles. The Morgan fingerprint density at radius 3 is 2.46 bits per heavy atom. The predicted octanol–water partition coefficient (Wildman–Crippen LogP) is 2.21. The summed E-state index contributed by atoms with van der Waals surface area (Å²) in [5.41, 5.74) is 1.20. The normalized spacial score (nSPS) is 24.9. The van der Waals surface area contributed by atoms with Crippen LogP contribution in [-0.4, -0.2) is 24.8 Å². The highest BCUT2D eigenvalue weighted by molar-refractivity contribution is 5.96. The van der Waals surface area contributed by atoms with Crippen LogP contribution in [0.5, 0.6) is 0 Å². The monoisotopic (exact) mass is 181 g/mol. The van der Waals surface area contributed by atoms with Crippen LogP contribution in [0.2, 0.25) is 0 Å². The summed E-state index contributed by atoms with van der Waals surface area (Å²) in [6.45, 7) is 4.33. The highest BCUT2D eigenvalue weighted by Crippen LogP contribution is 2.35. The molecule has 0 amide bonds. The summed E-state index contributed by atoms with van der Waals surface area (Å²) in [6.07, 6.45) is 4.71. The number of carbonyl (C=O) groups excluding carboxylic acids is 1. The quantitative estimate of drug-likeness (QED) is 0.578. The lowest BCUT2D eigenvalue weighted by atomic mass is 9.75. The first-order valence-electron chi connectivity index (χ1n) is 4.81. The minimum atomic E-state index is 0.209. The number of nitrogens with zero attached hydrogens (tertiary/aromatic N) is 1. The molecule has 0 saturated heterocycles. The van der Waals surface area contributed by atoms with Crippen LogP contribution in [0.1, 0.15) is 33.1 Å². The van der Waals surface area contributed by atoms with Crippen LogP contribution in [0.3, 0.4) is 0 Å². The number of hydrogen-bond donors (Lipinski definition) is 0. The van der Waals surface area contributed by atoms with Gasteiger partial charge < -0.3 is 4.90 Å². The maximum atomic E-state index is 11.7. The van der Waals surface area contributed by atoms with Crippen LogP contribution in [0.25, 0.3) is 0 Å². The van der Waals surface area contributed by atoms with Gasteiger partial charge in [-0.3, -0.25) is 4.79 Å². The molecule has 74 valence electrons. The van der Waals surface area contributed by atoms with E-state index in [4.69, 9.17) is 0 Å². The Bertz CT molecular complexity index is 238. The first-order chi connectivity index (χ1) is 5.91. The Hall–Kier alpha value is -0.790. The van der Waals surface area contributed by atoms with Crippen LogP contribution < -0.4 is 0 Å². The summed E-state index contributed by atoms with van der Waals surface area (Å²) >= 11 is 0. The molecular formula is C11H19NO. The fourth-order valence-corrected chi connectivity index (χ4v) is 1.70. The van der Waals surface area contributed by atoms with Gasteiger partial charge >= 0.3 is 0 Å². The molecule has 0 bridgehead atoms. The number of carbonyl (C=O) groups is 1. The standard InChI is InChI=1S/C11H19NO/c1-11(2)6-5-9(8-12(3)4)10(13)7-11/h8H,5-7H2,1-4H3/b9-8-. The zero-order valence-electron chi connectivity index (χ0n) is 9.05. The molecular weight excluding hydrogens is 162 g/mol. The number of allylic oxidation sites excluding steroid dienone is 1. The van der Waals surface area contributed by atoms with Gasteiger partial charge in [-0.25, -0.2) is 0 Å². The van der Waals surface area contributed by atoms with Gasteiger partial charge in [-0.05, 0) is 18.3 Å². The zero-order chi connectivity index (χ0) is 10.1. The SMILES string of the molecule is CN(C)/C=C1/CCC(C)(C)CC1=O. The number of rotatable bonds is 1. The van der Waals surface area contributed by atoms with E-state index in [0.717, 1.165) is 18.4 Å². The molecule has 1 fully saturated rings. The van der Waals surface area contributed by atoms with Gasteiger partial charge in [0.25, 0.3) is 0 Å². The average Bonchev–Trinajstić information content (AvgIpc) is 1.93. The smallest absolute Gasteiger partial charge is 0.160 e. The topological polar surface area (TPSA) is 20.3 Å². The first kappa shape index (κ1) is 10.3. The molecule has 2 nitrogen and oxygen atoms in total. The Kier molecular flexibility index (Phi) is 2.79. The second-order valence-electron chi connectivity index (χ2n) is 4.88. The Balaban J connectivity index is 2.70. The molecule has 13 heavy (non-hydrogen) atoms. The molecule has 1 saturated carbocycles. The van der Waals surface area contributed by atoms with Crippen molar-refractivity contribution in [3.8, 4) is 0 Å². The van der Waals surface area contributed by atoms with Gasteiger partial charge in [0, 0.05) is 32.3 Å². The maximum Gasteiger partial charge on any atom is 0.160 e. The summed E-state index contributed by atoms with van der Waals surface area (Å²) in [5.74, 6) is 0.324. The molecule has 1 aliphatic rings. The van der Waals surface area contributed by atoms with E-state index in [-0.39, 0.29) is 5.41 Å². The number of Topliss-reactive ketones (excluding diaryl/α,β-unsaturated/α-hetero) is 1. The van der Waals surface area contributed by atoms with E-state index in [0.29, 0.717) is 12.2 Å². The summed E-state index contributed by atoms with van der Waals surface area (Å²) in [7, 11) is 3.92. The lowest BCUT2D eigenvalue weighted by Gasteiger charge is -2.30. The van der Waals surface area contributed by atoms with E-state index in [9.17, 15) is 4.79 Å². The van der Waals surface area contributed by atoms with Crippen LogP contribution in [0.15, 0.2) is 11.8 Å². The third kappa shape index (κ3) is 2.87. The molecule has 1 rings (SSSR count). The molecule has 0 heterocycles. The molecule has 0 radical (unpaired) electrons. The van der Waals surface area contributed by atoms with Gasteiger partial charge in [-0.15, -0.1) is 0 Å². The lowest BCUT2D eigenvalue weighted by Crippen LogP contribution is -2.25. The second-order valence-corrected chi connectivity index (χ2v) is 4.88. The van der Waals surface area contributed by atoms with Crippen molar-refractivity contribution < 1.29 is 4.79 Å². The molecule has 0 aromatic carbocycles. The minimum absolute atomic E-state index is 0.209. The van der Waals surface area contributed by atoms with Crippen molar-refractivity contribution in [3.63, 3.8) is 0 Å². The molecule has 0 aromatic heterocycles. The van der Waals surface area contributed by atoms with E-state index in [1.54, 1.807) is 0 Å². The molecule has 2 heteroatoms. The van der Waals surface area contributed by atoms with E-state index < -0.39 is 0 Å². The predicted molar refractivity (Wildman–Crippen MR) is 54.4 cm³/mol. The van der Waals surface area contributed by atoms with Gasteiger partial charge in [-0.1, -0.05) is 13.8 Å². The van der Waals surface area contributed by atoms with Crippen molar-refractivity contribution in [2.45, 2.75) is 33.1 Å². The van der Waals surface area contributed by atoms with Crippen molar-refractivity contribution >= 4 is 5.78 Å². The van der Waals surface area contributed by atoms with Crippen LogP contribution >= 0.6 is 0 Å². The third-order valence-corrected chi connectivity index (χ3v) is 2.48. The van der Waals surface area contributed by atoms with Gasteiger partial charge in [0.15, 0.2) is 5.78 Å². The fourth-order valence-electron chi connectivity index (χ4n) is 1.70. The Morgan fingerprint density at radius 2 is 2.00 bits per heavy atom. The van der Waals surface area contributed by atoms with Crippen molar-refractivity contribution in [1.29, 1.82) is 0 Å². The van der Waals surface area contributed by atoms with Crippen LogP contribution in [0.4, 0.5) is 0 Å². The Labute approximate surface area is 80.6 Å². The highest BCUT2D eigenvalue weighted by Gasteiger charge is 2.29. The summed E-state index contributed by atoms with van der Waals surface area (Å²) < 4.78 is 0. The van der Waals surface area contributed by atoms with Crippen molar-refractivity contribution in [2.24, 2.45) is 5.41 Å². The lowest BCUT2D eigenvalue weighted by molar-refractivity contribution is -0.118. The van der Waals surface area contributed by atoms with Crippen LogP contribution in [0, 0.1) is 5.41 Å². The van der Waals surface area contributed by atoms with Gasteiger partial charge in [0.1, 0.15) is 0 Å². The first-order valence-corrected chi connectivity index (χ1v) is 4.81. The second kappa shape index (κ2) is 3.52. The van der Waals surface area contributed by atoms with Crippen molar-refractivity contribution in [2.75, 3.05) is 14.1 Å². The summed E-state index contributed by atoms with van der Waals surface area (Å²) in [4.78, 5) is 13.6. The third-order valence-electron chi connectivity index (χ3n) is 2.48. The summed E-state index contributed by atoms with van der Waals surface area (Å²) in [6, 6.07) is 0. The maximum absolute atomic E-state index is 11.7. The van der Waals surface area contributed by atoms with Crippen molar-refractivity contribution in [1.82, 2.24) is 4.90 Å². The van der Waals surface area contributed by atoms with Crippen molar-refractivity contribution in [3.05, 3.63) is 11.8 Å². The van der Waals surface area contributed by atoms with Gasteiger partial charge in [-0.2, -0.15) is 0 Å². The fraction of sp³-hybridized carbons (Fsp3) is 0.727. The highest BCUT2D eigenvalue weighted by atomic mass is 16.1. The zero-order valence-corrected chi connectivity index (χ0v) is 9.05. The van der Waals surface area contributed by atoms with E-state index in [1.807, 2.05) is 25.2 Å². The average molecular weight is 181 g/mol. The van der Waals surface area contributed by atoms with Gasteiger partial charge in [0.2, 0.25) is 0 Å². The van der Waals surface area contributed by atoms with E-state index >= 15 is 0 Å². The minimum Gasteiger partial charge on any atom is -0.383 e. The van der Waals surface area contributed by atoms with Gasteiger partial charge in [0.05, 0.1) is 0 Å². The largest absolute Gasteiger partial charge is 0.383 e. The molecule has 0 unspecified atom stereocenters. The molecule has 0 aromatic rings. The number of hydrogen-bond acceptors (Lipinski definition) is 2. The molecule has 0 atom stereocenters. The Morgan fingerprint density at radius 1 is 1.38 bits per heavy atom. The molecule has 0 spiro atoms.